The predicted octanol–water partition coefficient (Wildman–Crippen LogP) is 10.2. The van der Waals surface area contributed by atoms with Crippen LogP contribution in [0, 0.1) is 38.1 Å². The summed E-state index contributed by atoms with van der Waals surface area (Å²) in [6, 6.07) is 23.5. The summed E-state index contributed by atoms with van der Waals surface area (Å²) in [4.78, 5) is 13.3. The van der Waals surface area contributed by atoms with Crippen molar-refractivity contribution < 1.29 is 35.2 Å². The van der Waals surface area contributed by atoms with E-state index < -0.39 is 32.3 Å². The first-order valence-electron chi connectivity index (χ1n) is 20.1. The summed E-state index contributed by atoms with van der Waals surface area (Å²) in [5.74, 6) is 0. The van der Waals surface area contributed by atoms with Crippen molar-refractivity contribution in [2.75, 3.05) is 0 Å². The molecule has 235 valence electrons. The van der Waals surface area contributed by atoms with Crippen LogP contribution in [0.25, 0.3) is 33.6 Å². The molecule has 0 atom stereocenters. The van der Waals surface area contributed by atoms with Crippen LogP contribution in [0.5, 0.6) is 0 Å². The van der Waals surface area contributed by atoms with Gasteiger partial charge in [-0.05, 0) is 65.6 Å². The van der Waals surface area contributed by atoms with E-state index in [1.165, 1.54) is 29.8 Å². The molecule has 0 aliphatic heterocycles. The molecule has 0 amide bonds. The molecule has 6 rings (SSSR count). The van der Waals surface area contributed by atoms with Gasteiger partial charge >= 0.3 is 0 Å². The third kappa shape index (κ3) is 7.19. The second kappa shape index (κ2) is 13.1. The van der Waals surface area contributed by atoms with E-state index in [2.05, 4.69) is 68.0 Å². The molecule has 0 fully saturated rings. The number of pyridine rings is 3. The summed E-state index contributed by atoms with van der Waals surface area (Å²) in [7, 11) is 0. The van der Waals surface area contributed by atoms with Crippen LogP contribution >= 0.6 is 0 Å². The first-order chi connectivity index (χ1) is 25.1. The fraction of sp³-hybridized carbons (Fsp3) is 0.341. The zero-order chi connectivity index (χ0) is 41.2. The van der Waals surface area contributed by atoms with Crippen molar-refractivity contribution in [2.45, 2.75) is 86.2 Å². The molecule has 1 aliphatic carbocycles. The molecule has 4 heteroatoms. The van der Waals surface area contributed by atoms with E-state index >= 15 is 0 Å². The molecule has 0 bridgehead atoms. The summed E-state index contributed by atoms with van der Waals surface area (Å²) in [5, 5.41) is 0. The molecule has 2 aromatic carbocycles. The zero-order valence-electron chi connectivity index (χ0n) is 37.7. The second-order valence-electron chi connectivity index (χ2n) is 13.2. The van der Waals surface area contributed by atoms with Crippen LogP contribution in [0.3, 0.4) is 0 Å². The van der Waals surface area contributed by atoms with Gasteiger partial charge in [-0.3, -0.25) is 4.98 Å². The van der Waals surface area contributed by atoms with Gasteiger partial charge in [0.25, 0.3) is 0 Å². The van der Waals surface area contributed by atoms with Crippen LogP contribution in [0.2, 0.25) is 0 Å². The van der Waals surface area contributed by atoms with Crippen LogP contribution in [-0.4, -0.2) is 15.0 Å². The number of hydrogen-bond acceptors (Lipinski definition) is 3. The molecule has 0 saturated heterocycles. The van der Waals surface area contributed by atoms with Gasteiger partial charge in [-0.2, -0.15) is 0 Å². The first kappa shape index (κ1) is 22.1. The average molecular weight is 783 g/mol. The minimum atomic E-state index is -2.61. The minimum absolute atomic E-state index is 0. The molecular weight excluding hydrogens is 727 g/mol. The smallest absolute Gasteiger partial charge is 0.0522 e. The third-order valence-electron chi connectivity index (χ3n) is 8.42. The molecule has 3 aromatic heterocycles. The van der Waals surface area contributed by atoms with Gasteiger partial charge in [-0.25, -0.2) is 0 Å². The molecule has 0 unspecified atom stereocenters. The zero-order valence-corrected chi connectivity index (χ0v) is 29.1. The predicted molar refractivity (Wildman–Crippen MR) is 184 cm³/mol. The molecule has 1 aliphatic rings. The Morgan fingerprint density at radius 1 is 0.756 bits per heavy atom. The summed E-state index contributed by atoms with van der Waals surface area (Å²) in [6.45, 7) is 7.36. The topological polar surface area (TPSA) is 38.7 Å². The molecule has 45 heavy (non-hydrogen) atoms. The van der Waals surface area contributed by atoms with Crippen molar-refractivity contribution in [1.29, 1.82) is 0 Å². The van der Waals surface area contributed by atoms with Crippen molar-refractivity contribution >= 4 is 0 Å². The van der Waals surface area contributed by atoms with E-state index in [0.29, 0.717) is 11.1 Å². The van der Waals surface area contributed by atoms with Gasteiger partial charge in [0, 0.05) is 59.2 Å². The summed E-state index contributed by atoms with van der Waals surface area (Å²) in [5.41, 5.74) is 6.22. The standard InChI is InChI=1S/C27H31N2.C14H14N.Ir/c1-25(2,3)17-18-12-14-28-23(15-18)19-10-11-22-21(16-19)20-9-8-13-29-24(20)27(6,7)26(22,4)5;1-10-4-6-13(7-5-10)14-8-11(2)12(3)9-15-14;/h8-9,11-16H,17H2,1-7H3;4-6,8-9H,1-3H3;/q2*-1;/i17D2;1D3,2D3,3D3;. The maximum Gasteiger partial charge on any atom is 0.0522 e. The Hall–Kier alpha value is -3.46. The van der Waals surface area contributed by atoms with Gasteiger partial charge in [0.15, 0.2) is 0 Å². The molecular formula is C41H45IrN3-2. The fourth-order valence-corrected chi connectivity index (χ4v) is 5.41. The van der Waals surface area contributed by atoms with Crippen molar-refractivity contribution in [3.63, 3.8) is 0 Å². The van der Waals surface area contributed by atoms with E-state index in [1.54, 1.807) is 12.3 Å². The molecule has 3 nitrogen and oxygen atoms in total. The Morgan fingerprint density at radius 3 is 2.20 bits per heavy atom. The van der Waals surface area contributed by atoms with Gasteiger partial charge in [0.2, 0.25) is 0 Å². The first-order valence-corrected chi connectivity index (χ1v) is 14.6. The van der Waals surface area contributed by atoms with Crippen LogP contribution < -0.4 is 0 Å². The Kier molecular flexibility index (Phi) is 6.45. The van der Waals surface area contributed by atoms with Gasteiger partial charge in [-0.15, -0.1) is 64.7 Å². The summed E-state index contributed by atoms with van der Waals surface area (Å²) in [6.07, 6.45) is 3.12. The molecule has 3 heterocycles. The monoisotopic (exact) mass is 783 g/mol. The average Bonchev–Trinajstić information content (AvgIpc) is 3.09. The molecule has 1 radical (unpaired) electrons. The van der Waals surface area contributed by atoms with Gasteiger partial charge < -0.3 is 9.97 Å². The molecule has 0 N–H and O–H groups in total. The Balaban J connectivity index is 0.000000253. The number of benzene rings is 2. The van der Waals surface area contributed by atoms with Crippen molar-refractivity contribution in [3.05, 3.63) is 125 Å². The van der Waals surface area contributed by atoms with Crippen molar-refractivity contribution in [3.8, 4) is 33.6 Å². The second-order valence-corrected chi connectivity index (χ2v) is 13.2. The minimum Gasteiger partial charge on any atom is -0.305 e. The van der Waals surface area contributed by atoms with E-state index in [-0.39, 0.29) is 53.3 Å². The van der Waals surface area contributed by atoms with Crippen molar-refractivity contribution in [2.24, 2.45) is 5.41 Å². The normalized spacial score (nSPS) is 19.0. The largest absolute Gasteiger partial charge is 0.305 e. The molecule has 0 saturated carbocycles. The summed E-state index contributed by atoms with van der Waals surface area (Å²) >= 11 is 0. The van der Waals surface area contributed by atoms with E-state index in [9.17, 15) is 0 Å². The van der Waals surface area contributed by atoms with E-state index in [1.807, 2.05) is 39.1 Å². The third-order valence-corrected chi connectivity index (χ3v) is 8.42. The van der Waals surface area contributed by atoms with Gasteiger partial charge in [-0.1, -0.05) is 90.2 Å². The number of hydrogen-bond donors (Lipinski definition) is 0. The molecule has 5 aromatic rings. The number of rotatable bonds is 3. The summed E-state index contributed by atoms with van der Waals surface area (Å²) < 4.78 is 84.2. The number of nitrogens with zero attached hydrogens (tertiary/aromatic N) is 3. The van der Waals surface area contributed by atoms with Crippen LogP contribution in [0.1, 0.15) is 97.1 Å². The van der Waals surface area contributed by atoms with Crippen molar-refractivity contribution in [1.82, 2.24) is 15.0 Å². The quantitative estimate of drug-likeness (QED) is 0.171. The Labute approximate surface area is 299 Å². The number of fused-ring (bicyclic) bond motifs is 3. The maximum absolute atomic E-state index is 8.64. The van der Waals surface area contributed by atoms with E-state index in [0.717, 1.165) is 34.3 Å². The van der Waals surface area contributed by atoms with Gasteiger partial charge in [0.1, 0.15) is 0 Å². The Bertz CT molecular complexity index is 2200. The van der Waals surface area contributed by atoms with Gasteiger partial charge in [0.05, 0.1) is 5.69 Å². The Morgan fingerprint density at radius 2 is 1.51 bits per heavy atom. The van der Waals surface area contributed by atoms with E-state index in [4.69, 9.17) is 20.1 Å². The number of aryl methyl sites for hydroxylation is 3. The van der Waals surface area contributed by atoms with Crippen LogP contribution in [0.15, 0.2) is 79.3 Å². The van der Waals surface area contributed by atoms with Crippen LogP contribution in [-0.2, 0) is 37.3 Å². The number of aromatic nitrogens is 3. The SMILES string of the molecule is [2H]C([2H])([2H])c1c[c-]c(-c2cc(C([2H])([2H])[2H])c(C([2H])([2H])[2H])cn2)cc1.[2H]C([2H])(c1ccnc(-c2[c-]cc3c(c2)-c2cccnc2C(C)(C)C3(C)C)c1)C(C)(C)C.[Ir]. The maximum atomic E-state index is 8.64. The van der Waals surface area contributed by atoms with Crippen LogP contribution in [0.4, 0.5) is 0 Å². The molecule has 0 spiro atoms. The fourth-order valence-electron chi connectivity index (χ4n) is 5.41.